The van der Waals surface area contributed by atoms with Gasteiger partial charge in [-0.05, 0) is 12.1 Å². The molecule has 0 unspecified atom stereocenters. The average Bonchev–Trinajstić information content (AvgIpc) is 2.90. The summed E-state index contributed by atoms with van der Waals surface area (Å²) in [6, 6.07) is 6.10. The van der Waals surface area contributed by atoms with E-state index in [1.54, 1.807) is 6.07 Å². The summed E-state index contributed by atoms with van der Waals surface area (Å²) < 4.78 is 39.8. The molecular weight excluding hydrogens is 270 g/mol. The van der Waals surface area contributed by atoms with Crippen molar-refractivity contribution >= 4 is 9.84 Å². The molecule has 0 fully saturated rings. The van der Waals surface area contributed by atoms with E-state index < -0.39 is 9.84 Å². The van der Waals surface area contributed by atoms with Crippen LogP contribution in [0, 0.1) is 0 Å². The van der Waals surface area contributed by atoms with Crippen LogP contribution in [-0.2, 0) is 15.6 Å². The van der Waals surface area contributed by atoms with E-state index in [0.717, 1.165) is 0 Å². The SMILES string of the molecule is O=S(=O)(Cc1ccon1)c1ccc2c(c1)OCCO2. The van der Waals surface area contributed by atoms with E-state index in [-0.39, 0.29) is 10.6 Å². The molecule has 0 aliphatic carbocycles. The summed E-state index contributed by atoms with van der Waals surface area (Å²) in [7, 11) is -3.47. The number of ether oxygens (including phenoxy) is 2. The number of fused-ring (bicyclic) bond motifs is 1. The monoisotopic (exact) mass is 281 g/mol. The first kappa shape index (κ1) is 12.0. The smallest absolute Gasteiger partial charge is 0.184 e. The van der Waals surface area contributed by atoms with Crippen LogP contribution in [0.1, 0.15) is 5.69 Å². The molecule has 1 aromatic heterocycles. The third-order valence-corrected chi connectivity index (χ3v) is 4.35. The van der Waals surface area contributed by atoms with Crippen LogP contribution < -0.4 is 9.47 Å². The van der Waals surface area contributed by atoms with Crippen LogP contribution in [0.25, 0.3) is 0 Å². The molecule has 6 nitrogen and oxygen atoms in total. The van der Waals surface area contributed by atoms with Gasteiger partial charge in [0.25, 0.3) is 0 Å². The van der Waals surface area contributed by atoms with E-state index in [0.29, 0.717) is 30.4 Å². The Morgan fingerprint density at radius 2 is 1.89 bits per heavy atom. The molecule has 2 aromatic rings. The van der Waals surface area contributed by atoms with Crippen LogP contribution in [0.4, 0.5) is 0 Å². The lowest BCUT2D eigenvalue weighted by molar-refractivity contribution is 0.171. The van der Waals surface area contributed by atoms with Crippen LogP contribution in [-0.4, -0.2) is 26.8 Å². The quantitative estimate of drug-likeness (QED) is 0.846. The fourth-order valence-corrected chi connectivity index (χ4v) is 3.07. The molecule has 1 aliphatic rings. The van der Waals surface area contributed by atoms with Gasteiger partial charge >= 0.3 is 0 Å². The second-order valence-corrected chi connectivity index (χ2v) is 6.04. The molecule has 3 rings (SSSR count). The zero-order valence-electron chi connectivity index (χ0n) is 9.90. The minimum absolute atomic E-state index is 0.180. The summed E-state index contributed by atoms with van der Waals surface area (Å²) in [6.45, 7) is 0.887. The highest BCUT2D eigenvalue weighted by Crippen LogP contribution is 2.32. The average molecular weight is 281 g/mol. The lowest BCUT2D eigenvalue weighted by atomic mass is 10.3. The Labute approximate surface area is 109 Å². The van der Waals surface area contributed by atoms with Gasteiger partial charge in [0.2, 0.25) is 0 Å². The maximum atomic E-state index is 12.2. The first-order valence-electron chi connectivity index (χ1n) is 5.67. The summed E-state index contributed by atoms with van der Waals surface area (Å²) in [5.74, 6) is 0.808. The van der Waals surface area contributed by atoms with Gasteiger partial charge in [-0.1, -0.05) is 5.16 Å². The van der Waals surface area contributed by atoms with Crippen molar-refractivity contribution in [2.75, 3.05) is 13.2 Å². The predicted molar refractivity (Wildman–Crippen MR) is 64.8 cm³/mol. The Hall–Kier alpha value is -2.02. The van der Waals surface area contributed by atoms with Gasteiger partial charge in [0.05, 0.1) is 10.6 Å². The third kappa shape index (κ3) is 2.41. The molecule has 0 atom stereocenters. The normalized spacial score (nSPS) is 14.3. The molecule has 19 heavy (non-hydrogen) atoms. The van der Waals surface area contributed by atoms with Crippen molar-refractivity contribution in [3.63, 3.8) is 0 Å². The second kappa shape index (κ2) is 4.58. The summed E-state index contributed by atoms with van der Waals surface area (Å²) in [5, 5.41) is 3.60. The molecule has 7 heteroatoms. The zero-order chi connectivity index (χ0) is 13.3. The van der Waals surface area contributed by atoms with E-state index in [9.17, 15) is 8.42 Å². The molecule has 0 N–H and O–H groups in total. The highest BCUT2D eigenvalue weighted by Gasteiger charge is 2.20. The van der Waals surface area contributed by atoms with Crippen LogP contribution in [0.2, 0.25) is 0 Å². The Morgan fingerprint density at radius 3 is 2.63 bits per heavy atom. The molecule has 0 spiro atoms. The minimum Gasteiger partial charge on any atom is -0.486 e. The lowest BCUT2D eigenvalue weighted by Crippen LogP contribution is -2.16. The fraction of sp³-hybridized carbons (Fsp3) is 0.250. The Morgan fingerprint density at radius 1 is 1.11 bits per heavy atom. The van der Waals surface area contributed by atoms with Gasteiger partial charge in [0.15, 0.2) is 21.3 Å². The van der Waals surface area contributed by atoms with Crippen LogP contribution >= 0.6 is 0 Å². The number of hydrogen-bond acceptors (Lipinski definition) is 6. The van der Waals surface area contributed by atoms with E-state index >= 15 is 0 Å². The standard InChI is InChI=1S/C12H11NO5S/c14-19(15,8-9-3-4-18-13-9)10-1-2-11-12(7-10)17-6-5-16-11/h1-4,7H,5-6,8H2. The first-order valence-corrected chi connectivity index (χ1v) is 7.32. The number of hydrogen-bond donors (Lipinski definition) is 0. The maximum Gasteiger partial charge on any atom is 0.184 e. The molecule has 100 valence electrons. The molecular formula is C12H11NO5S. The number of rotatable bonds is 3. The van der Waals surface area contributed by atoms with Crippen molar-refractivity contribution in [3.05, 3.63) is 36.2 Å². The van der Waals surface area contributed by atoms with Crippen LogP contribution in [0.3, 0.4) is 0 Å². The highest BCUT2D eigenvalue weighted by molar-refractivity contribution is 7.90. The van der Waals surface area contributed by atoms with Crippen molar-refractivity contribution < 1.29 is 22.4 Å². The summed E-state index contributed by atoms with van der Waals surface area (Å²) in [6.07, 6.45) is 1.34. The Bertz CT molecular complexity index is 678. The molecule has 0 saturated heterocycles. The fourth-order valence-electron chi connectivity index (χ4n) is 1.81. The van der Waals surface area contributed by atoms with Gasteiger partial charge in [-0.2, -0.15) is 0 Å². The largest absolute Gasteiger partial charge is 0.486 e. The summed E-state index contributed by atoms with van der Waals surface area (Å²) in [4.78, 5) is 0.180. The summed E-state index contributed by atoms with van der Waals surface area (Å²) in [5.41, 5.74) is 0.370. The van der Waals surface area contributed by atoms with E-state index in [4.69, 9.17) is 9.47 Å². The van der Waals surface area contributed by atoms with E-state index in [2.05, 4.69) is 9.68 Å². The van der Waals surface area contributed by atoms with Crippen LogP contribution in [0.15, 0.2) is 39.9 Å². The van der Waals surface area contributed by atoms with Crippen molar-refractivity contribution in [2.24, 2.45) is 0 Å². The van der Waals surface area contributed by atoms with E-state index in [1.165, 1.54) is 24.5 Å². The minimum atomic E-state index is -3.47. The van der Waals surface area contributed by atoms with Crippen molar-refractivity contribution in [1.29, 1.82) is 0 Å². The van der Waals surface area contributed by atoms with Crippen molar-refractivity contribution in [1.82, 2.24) is 5.16 Å². The molecule has 1 aromatic carbocycles. The number of nitrogens with zero attached hydrogens (tertiary/aromatic N) is 1. The molecule has 0 radical (unpaired) electrons. The van der Waals surface area contributed by atoms with Gasteiger partial charge in [0, 0.05) is 12.1 Å². The Balaban J connectivity index is 1.93. The van der Waals surface area contributed by atoms with Crippen LogP contribution in [0.5, 0.6) is 11.5 Å². The highest BCUT2D eigenvalue weighted by atomic mass is 32.2. The lowest BCUT2D eigenvalue weighted by Gasteiger charge is -2.18. The van der Waals surface area contributed by atoms with Gasteiger partial charge in [0.1, 0.15) is 25.2 Å². The van der Waals surface area contributed by atoms with Crippen molar-refractivity contribution in [3.8, 4) is 11.5 Å². The van der Waals surface area contributed by atoms with Crippen molar-refractivity contribution in [2.45, 2.75) is 10.6 Å². The number of aromatic nitrogens is 1. The molecule has 0 saturated carbocycles. The Kier molecular flexibility index (Phi) is 2.90. The van der Waals surface area contributed by atoms with Gasteiger partial charge in [-0.3, -0.25) is 0 Å². The molecule has 0 amide bonds. The van der Waals surface area contributed by atoms with Gasteiger partial charge < -0.3 is 14.0 Å². The second-order valence-electron chi connectivity index (χ2n) is 4.06. The number of sulfone groups is 1. The maximum absolute atomic E-state index is 12.2. The first-order chi connectivity index (χ1) is 9.15. The number of benzene rings is 1. The van der Waals surface area contributed by atoms with Gasteiger partial charge in [-0.15, -0.1) is 0 Å². The van der Waals surface area contributed by atoms with Gasteiger partial charge in [-0.25, -0.2) is 8.42 Å². The third-order valence-electron chi connectivity index (χ3n) is 2.70. The topological polar surface area (TPSA) is 78.6 Å². The molecule has 1 aliphatic heterocycles. The zero-order valence-corrected chi connectivity index (χ0v) is 10.7. The summed E-state index contributed by atoms with van der Waals surface area (Å²) >= 11 is 0. The molecule has 0 bridgehead atoms. The van der Waals surface area contributed by atoms with E-state index in [1.807, 2.05) is 0 Å². The predicted octanol–water partition coefficient (Wildman–Crippen LogP) is 1.42. The molecule has 2 heterocycles.